The van der Waals surface area contributed by atoms with Crippen LogP contribution in [0.2, 0.25) is 0 Å². The van der Waals surface area contributed by atoms with E-state index in [1.165, 1.54) is 19.2 Å². The fourth-order valence-corrected chi connectivity index (χ4v) is 2.61. The van der Waals surface area contributed by atoms with Gasteiger partial charge in [-0.1, -0.05) is 0 Å². The van der Waals surface area contributed by atoms with Crippen LogP contribution in [0.1, 0.15) is 23.2 Å². The van der Waals surface area contributed by atoms with Crippen LogP contribution in [0, 0.1) is 0 Å². The van der Waals surface area contributed by atoms with Crippen LogP contribution in [0.15, 0.2) is 18.2 Å². The number of hydrogen-bond acceptors (Lipinski definition) is 5. The number of methoxy groups -OCH3 is 1. The fraction of sp³-hybridized carbons (Fsp3) is 0.588. The lowest BCUT2D eigenvalue weighted by atomic mass is 10.2. The number of rotatable bonds is 8. The van der Waals surface area contributed by atoms with Crippen molar-refractivity contribution in [1.29, 1.82) is 0 Å². The zero-order valence-electron chi connectivity index (χ0n) is 14.0. The highest BCUT2D eigenvalue weighted by molar-refractivity contribution is 5.88. The Morgan fingerprint density at radius 1 is 1.17 bits per heavy atom. The zero-order valence-corrected chi connectivity index (χ0v) is 14.0. The third-order valence-electron chi connectivity index (χ3n) is 4.13. The number of likely N-dealkylation sites (N-methyl/N-ethyl adjacent to an activating group) is 1. The predicted molar refractivity (Wildman–Crippen MR) is 88.6 cm³/mol. The van der Waals surface area contributed by atoms with E-state index in [2.05, 4.69) is 16.8 Å². The van der Waals surface area contributed by atoms with Crippen molar-refractivity contribution in [1.82, 2.24) is 9.80 Å². The van der Waals surface area contributed by atoms with Crippen molar-refractivity contribution in [2.24, 2.45) is 0 Å². The largest absolute Gasteiger partial charge is 0.493 e. The molecule has 1 fully saturated rings. The molecule has 0 spiro atoms. The van der Waals surface area contributed by atoms with Crippen LogP contribution in [-0.2, 0) is 0 Å². The van der Waals surface area contributed by atoms with Crippen LogP contribution in [-0.4, -0.2) is 74.4 Å². The lowest BCUT2D eigenvalue weighted by Crippen LogP contribution is -2.44. The molecule has 1 aliphatic rings. The molecule has 0 radical (unpaired) electrons. The van der Waals surface area contributed by atoms with Crippen molar-refractivity contribution >= 4 is 5.97 Å². The minimum Gasteiger partial charge on any atom is -0.493 e. The second-order valence-electron chi connectivity index (χ2n) is 5.87. The second kappa shape index (κ2) is 8.74. The van der Waals surface area contributed by atoms with Crippen molar-refractivity contribution in [2.45, 2.75) is 12.8 Å². The molecule has 0 bridgehead atoms. The summed E-state index contributed by atoms with van der Waals surface area (Å²) in [5.41, 5.74) is 0.198. The topological polar surface area (TPSA) is 62.2 Å². The van der Waals surface area contributed by atoms with E-state index in [4.69, 9.17) is 14.6 Å². The summed E-state index contributed by atoms with van der Waals surface area (Å²) in [6.45, 7) is 6.28. The maximum atomic E-state index is 10.9. The number of carboxylic acids is 1. The van der Waals surface area contributed by atoms with Gasteiger partial charge < -0.3 is 24.4 Å². The lowest BCUT2D eigenvalue weighted by Gasteiger charge is -2.32. The number of unbranched alkanes of at least 4 members (excludes halogenated alkanes) is 1. The molecular formula is C17H26N2O4. The normalized spacial score (nSPS) is 16.3. The van der Waals surface area contributed by atoms with E-state index in [0.717, 1.165) is 45.6 Å². The molecule has 1 saturated heterocycles. The van der Waals surface area contributed by atoms with Crippen LogP contribution < -0.4 is 9.47 Å². The molecule has 1 aromatic carbocycles. The lowest BCUT2D eigenvalue weighted by molar-refractivity contribution is 0.0696. The predicted octanol–water partition coefficient (Wildman–Crippen LogP) is 1.80. The van der Waals surface area contributed by atoms with Gasteiger partial charge in [0.15, 0.2) is 11.5 Å². The van der Waals surface area contributed by atoms with Crippen molar-refractivity contribution in [3.63, 3.8) is 0 Å². The van der Waals surface area contributed by atoms with E-state index in [-0.39, 0.29) is 5.56 Å². The summed E-state index contributed by atoms with van der Waals surface area (Å²) in [6, 6.07) is 4.68. The third-order valence-corrected chi connectivity index (χ3v) is 4.13. The SMILES string of the molecule is COc1cc(C(=O)O)ccc1OCCCCN1CCN(C)CC1. The molecular weight excluding hydrogens is 296 g/mol. The molecule has 1 N–H and O–H groups in total. The fourth-order valence-electron chi connectivity index (χ4n) is 2.61. The number of piperazine rings is 1. The smallest absolute Gasteiger partial charge is 0.335 e. The van der Waals surface area contributed by atoms with Crippen molar-refractivity contribution in [3.8, 4) is 11.5 Å². The average Bonchev–Trinajstić information content (AvgIpc) is 2.56. The molecule has 0 aliphatic carbocycles. The molecule has 2 rings (SSSR count). The van der Waals surface area contributed by atoms with E-state index in [1.54, 1.807) is 6.07 Å². The van der Waals surface area contributed by atoms with Gasteiger partial charge in [0.1, 0.15) is 0 Å². The number of ether oxygens (including phenoxy) is 2. The first-order valence-electron chi connectivity index (χ1n) is 8.05. The molecule has 6 nitrogen and oxygen atoms in total. The number of benzene rings is 1. The van der Waals surface area contributed by atoms with Gasteiger partial charge in [0.2, 0.25) is 0 Å². The van der Waals surface area contributed by atoms with Crippen LogP contribution >= 0.6 is 0 Å². The van der Waals surface area contributed by atoms with Crippen molar-refractivity contribution in [3.05, 3.63) is 23.8 Å². The number of aromatic carboxylic acids is 1. The van der Waals surface area contributed by atoms with E-state index in [0.29, 0.717) is 18.1 Å². The molecule has 6 heteroatoms. The molecule has 0 saturated carbocycles. The summed E-state index contributed by atoms with van der Waals surface area (Å²) in [5.74, 6) is 0.0862. The van der Waals surface area contributed by atoms with Gasteiger partial charge in [-0.25, -0.2) is 4.79 Å². The standard InChI is InChI=1S/C17H26N2O4/c1-18-8-10-19(11-9-18)7-3-4-12-23-15-6-5-14(17(20)21)13-16(15)22-2/h5-6,13H,3-4,7-12H2,1-2H3,(H,20,21). The van der Waals surface area contributed by atoms with Gasteiger partial charge in [-0.15, -0.1) is 0 Å². The van der Waals surface area contributed by atoms with Crippen LogP contribution in [0.5, 0.6) is 11.5 Å². The van der Waals surface area contributed by atoms with Gasteiger partial charge in [-0.05, 0) is 44.6 Å². The molecule has 0 atom stereocenters. The van der Waals surface area contributed by atoms with Gasteiger partial charge in [0.05, 0.1) is 19.3 Å². The summed E-state index contributed by atoms with van der Waals surface area (Å²) in [4.78, 5) is 15.8. The van der Waals surface area contributed by atoms with Gasteiger partial charge in [0.25, 0.3) is 0 Å². The average molecular weight is 322 g/mol. The van der Waals surface area contributed by atoms with Crippen LogP contribution in [0.3, 0.4) is 0 Å². The molecule has 1 heterocycles. The van der Waals surface area contributed by atoms with E-state index >= 15 is 0 Å². The second-order valence-corrected chi connectivity index (χ2v) is 5.87. The minimum absolute atomic E-state index is 0.198. The minimum atomic E-state index is -0.970. The molecule has 1 aromatic rings. The van der Waals surface area contributed by atoms with Gasteiger partial charge >= 0.3 is 5.97 Å². The number of hydrogen-bond donors (Lipinski definition) is 1. The Morgan fingerprint density at radius 2 is 1.91 bits per heavy atom. The first kappa shape index (κ1) is 17.6. The van der Waals surface area contributed by atoms with Gasteiger partial charge in [0, 0.05) is 26.2 Å². The number of nitrogens with zero attached hydrogens (tertiary/aromatic N) is 2. The highest BCUT2D eigenvalue weighted by atomic mass is 16.5. The van der Waals surface area contributed by atoms with Gasteiger partial charge in [-0.3, -0.25) is 0 Å². The summed E-state index contributed by atoms with van der Waals surface area (Å²) in [6.07, 6.45) is 2.06. The van der Waals surface area contributed by atoms with E-state index in [9.17, 15) is 4.79 Å². The van der Waals surface area contributed by atoms with Gasteiger partial charge in [-0.2, -0.15) is 0 Å². The quantitative estimate of drug-likeness (QED) is 0.737. The first-order valence-corrected chi connectivity index (χ1v) is 8.05. The third kappa shape index (κ3) is 5.41. The summed E-state index contributed by atoms with van der Waals surface area (Å²) >= 11 is 0. The Kier molecular flexibility index (Phi) is 6.67. The van der Waals surface area contributed by atoms with Crippen LogP contribution in [0.4, 0.5) is 0 Å². The zero-order chi connectivity index (χ0) is 16.7. The van der Waals surface area contributed by atoms with Crippen LogP contribution in [0.25, 0.3) is 0 Å². The molecule has 0 aromatic heterocycles. The Hall–Kier alpha value is -1.79. The molecule has 128 valence electrons. The first-order chi connectivity index (χ1) is 11.1. The van der Waals surface area contributed by atoms with E-state index < -0.39 is 5.97 Å². The Bertz CT molecular complexity index is 513. The maximum Gasteiger partial charge on any atom is 0.335 e. The maximum absolute atomic E-state index is 10.9. The number of carboxylic acid groups (broad SMARTS) is 1. The molecule has 0 amide bonds. The number of carbonyl (C=O) groups is 1. The summed E-state index contributed by atoms with van der Waals surface area (Å²) in [7, 11) is 3.68. The molecule has 1 aliphatic heterocycles. The summed E-state index contributed by atoms with van der Waals surface area (Å²) in [5, 5.41) is 8.98. The van der Waals surface area contributed by atoms with Crippen molar-refractivity contribution < 1.29 is 19.4 Å². The Balaban J connectivity index is 1.70. The highest BCUT2D eigenvalue weighted by Crippen LogP contribution is 2.28. The monoisotopic (exact) mass is 322 g/mol. The molecule has 0 unspecified atom stereocenters. The Labute approximate surface area is 137 Å². The Morgan fingerprint density at radius 3 is 2.57 bits per heavy atom. The van der Waals surface area contributed by atoms with Crippen molar-refractivity contribution in [2.75, 3.05) is 53.5 Å². The highest BCUT2D eigenvalue weighted by Gasteiger charge is 2.13. The summed E-state index contributed by atoms with van der Waals surface area (Å²) < 4.78 is 10.9. The van der Waals surface area contributed by atoms with E-state index in [1.807, 2.05) is 0 Å². The molecule has 23 heavy (non-hydrogen) atoms.